The van der Waals surface area contributed by atoms with Crippen LogP contribution >= 0.6 is 0 Å². The molecule has 92 valence electrons. The Morgan fingerprint density at radius 3 is 2.27 bits per heavy atom. The molecule has 0 fully saturated rings. The summed E-state index contributed by atoms with van der Waals surface area (Å²) in [7, 11) is -2.94. The van der Waals surface area contributed by atoms with Gasteiger partial charge in [-0.15, -0.1) is 0 Å². The second-order valence-electron chi connectivity index (χ2n) is 4.12. The van der Waals surface area contributed by atoms with Crippen molar-refractivity contribution in [3.05, 3.63) is 0 Å². The lowest BCUT2D eigenvalue weighted by Crippen LogP contribution is -2.48. The van der Waals surface area contributed by atoms with Gasteiger partial charge in [0.05, 0.1) is 11.4 Å². The highest BCUT2D eigenvalue weighted by atomic mass is 32.2. The van der Waals surface area contributed by atoms with Crippen LogP contribution in [-0.2, 0) is 14.6 Å². The molecule has 2 atom stereocenters. The van der Waals surface area contributed by atoms with Crippen molar-refractivity contribution in [3.63, 3.8) is 0 Å². The van der Waals surface area contributed by atoms with E-state index in [1.54, 1.807) is 0 Å². The second-order valence-corrected chi connectivity index (χ2v) is 6.38. The lowest BCUT2D eigenvalue weighted by molar-refractivity contribution is -0.0467. The van der Waals surface area contributed by atoms with E-state index in [-0.39, 0.29) is 11.8 Å². The Morgan fingerprint density at radius 2 is 1.93 bits per heavy atom. The summed E-state index contributed by atoms with van der Waals surface area (Å²) in [6, 6.07) is -0.239. The van der Waals surface area contributed by atoms with Crippen molar-refractivity contribution in [2.45, 2.75) is 45.3 Å². The van der Waals surface area contributed by atoms with E-state index in [0.717, 1.165) is 6.42 Å². The summed E-state index contributed by atoms with van der Waals surface area (Å²) >= 11 is 0. The molecule has 0 spiro atoms. The molecule has 0 rings (SSSR count). The predicted molar refractivity (Wildman–Crippen MR) is 62.6 cm³/mol. The van der Waals surface area contributed by atoms with Gasteiger partial charge in [0.1, 0.15) is 9.84 Å². The molecule has 0 saturated heterocycles. The number of nitrogens with two attached hydrogens (primary N) is 1. The average molecular weight is 237 g/mol. The van der Waals surface area contributed by atoms with Gasteiger partial charge in [-0.05, 0) is 26.7 Å². The van der Waals surface area contributed by atoms with E-state index in [1.807, 2.05) is 20.8 Å². The molecule has 0 bridgehead atoms. The maximum Gasteiger partial charge on any atom is 0.147 e. The average Bonchev–Trinajstić information content (AvgIpc) is 2.13. The molecule has 0 aromatic rings. The van der Waals surface area contributed by atoms with Crippen LogP contribution in [0.3, 0.4) is 0 Å². The smallest absolute Gasteiger partial charge is 0.147 e. The normalized spacial score (nSPS) is 18.5. The Labute approximate surface area is 93.1 Å². The van der Waals surface area contributed by atoms with Crippen LogP contribution in [-0.4, -0.2) is 38.7 Å². The zero-order valence-corrected chi connectivity index (χ0v) is 10.9. The fourth-order valence-corrected chi connectivity index (χ4v) is 2.13. The highest BCUT2D eigenvalue weighted by Gasteiger charge is 2.30. The molecule has 5 heteroatoms. The Morgan fingerprint density at radius 1 is 1.40 bits per heavy atom. The Kier molecular flexibility index (Phi) is 5.77. The zero-order chi connectivity index (χ0) is 12.1. The van der Waals surface area contributed by atoms with Crippen molar-refractivity contribution in [1.82, 2.24) is 0 Å². The lowest BCUT2D eigenvalue weighted by Gasteiger charge is -2.34. The van der Waals surface area contributed by atoms with E-state index in [2.05, 4.69) is 0 Å². The van der Waals surface area contributed by atoms with Crippen LogP contribution in [0.5, 0.6) is 0 Å². The van der Waals surface area contributed by atoms with Crippen LogP contribution in [0.1, 0.15) is 33.6 Å². The topological polar surface area (TPSA) is 69.4 Å². The molecular formula is C10H23NO3S. The van der Waals surface area contributed by atoms with Gasteiger partial charge in [-0.3, -0.25) is 0 Å². The van der Waals surface area contributed by atoms with Crippen LogP contribution in [0.2, 0.25) is 0 Å². The highest BCUT2D eigenvalue weighted by Crippen LogP contribution is 2.21. The van der Waals surface area contributed by atoms with E-state index >= 15 is 0 Å². The van der Waals surface area contributed by atoms with E-state index in [4.69, 9.17) is 10.5 Å². The fourth-order valence-electron chi connectivity index (χ4n) is 1.45. The first-order valence-corrected chi connectivity index (χ1v) is 7.38. The number of hydrogen-bond acceptors (Lipinski definition) is 4. The summed E-state index contributed by atoms with van der Waals surface area (Å²) < 4.78 is 27.6. The molecule has 0 aliphatic rings. The van der Waals surface area contributed by atoms with E-state index in [9.17, 15) is 8.42 Å². The maximum absolute atomic E-state index is 11.0. The van der Waals surface area contributed by atoms with Crippen molar-refractivity contribution in [2.75, 3.05) is 18.6 Å². The molecule has 0 saturated carbocycles. The summed E-state index contributed by atoms with van der Waals surface area (Å²) in [6.07, 6.45) is 2.46. The molecule has 0 radical (unpaired) electrons. The first-order valence-electron chi connectivity index (χ1n) is 5.32. The number of ether oxygens (including phenoxy) is 1. The minimum absolute atomic E-state index is 0.122. The molecule has 0 heterocycles. The molecule has 15 heavy (non-hydrogen) atoms. The SMILES string of the molecule is CCOC(C)(CC)C(N)CCS(C)(=O)=O. The third-order valence-electron chi connectivity index (χ3n) is 2.76. The van der Waals surface area contributed by atoms with Crippen LogP contribution in [0.15, 0.2) is 0 Å². The van der Waals surface area contributed by atoms with Crippen molar-refractivity contribution in [2.24, 2.45) is 5.73 Å². The van der Waals surface area contributed by atoms with Gasteiger partial charge in [-0.2, -0.15) is 0 Å². The minimum Gasteiger partial charge on any atom is -0.374 e. The van der Waals surface area contributed by atoms with Gasteiger partial charge in [0.25, 0.3) is 0 Å². The summed E-state index contributed by atoms with van der Waals surface area (Å²) in [4.78, 5) is 0. The fraction of sp³-hybridized carbons (Fsp3) is 1.00. The lowest BCUT2D eigenvalue weighted by atomic mass is 9.92. The number of rotatable bonds is 7. The van der Waals surface area contributed by atoms with Crippen molar-refractivity contribution in [3.8, 4) is 0 Å². The third kappa shape index (κ3) is 5.49. The standard InChI is InChI=1S/C10H23NO3S/c1-5-10(3,14-6-2)9(11)7-8-15(4,12)13/h9H,5-8,11H2,1-4H3. The monoisotopic (exact) mass is 237 g/mol. The molecule has 2 N–H and O–H groups in total. The van der Waals surface area contributed by atoms with Crippen molar-refractivity contribution in [1.29, 1.82) is 0 Å². The van der Waals surface area contributed by atoms with Gasteiger partial charge in [0.2, 0.25) is 0 Å². The van der Waals surface area contributed by atoms with E-state index < -0.39 is 15.4 Å². The predicted octanol–water partition coefficient (Wildman–Crippen LogP) is 0.954. The second kappa shape index (κ2) is 5.82. The molecule has 2 unspecified atom stereocenters. The summed E-state index contributed by atoms with van der Waals surface area (Å²) in [5.41, 5.74) is 5.55. The van der Waals surface area contributed by atoms with Gasteiger partial charge in [0.15, 0.2) is 0 Å². The minimum atomic E-state index is -2.94. The van der Waals surface area contributed by atoms with Gasteiger partial charge >= 0.3 is 0 Å². The van der Waals surface area contributed by atoms with E-state index in [0.29, 0.717) is 13.0 Å². The number of sulfone groups is 1. The van der Waals surface area contributed by atoms with Crippen LogP contribution in [0, 0.1) is 0 Å². The molecule has 4 nitrogen and oxygen atoms in total. The van der Waals surface area contributed by atoms with Crippen molar-refractivity contribution < 1.29 is 13.2 Å². The molecule has 0 aromatic carbocycles. The van der Waals surface area contributed by atoms with Gasteiger partial charge < -0.3 is 10.5 Å². The van der Waals surface area contributed by atoms with Gasteiger partial charge in [0, 0.05) is 18.9 Å². The summed E-state index contributed by atoms with van der Waals surface area (Å²) in [6.45, 7) is 6.44. The Balaban J connectivity index is 4.33. The molecule has 0 aliphatic heterocycles. The third-order valence-corrected chi connectivity index (χ3v) is 3.74. The first kappa shape index (κ1) is 14.9. The quantitative estimate of drug-likeness (QED) is 0.716. The van der Waals surface area contributed by atoms with Gasteiger partial charge in [-0.1, -0.05) is 6.92 Å². The van der Waals surface area contributed by atoms with Crippen LogP contribution in [0.4, 0.5) is 0 Å². The summed E-state index contributed by atoms with van der Waals surface area (Å²) in [5, 5.41) is 0. The highest BCUT2D eigenvalue weighted by molar-refractivity contribution is 7.90. The summed E-state index contributed by atoms with van der Waals surface area (Å²) in [5.74, 6) is 0.122. The molecule has 0 amide bonds. The van der Waals surface area contributed by atoms with Gasteiger partial charge in [-0.25, -0.2) is 8.42 Å². The largest absolute Gasteiger partial charge is 0.374 e. The van der Waals surface area contributed by atoms with Crippen LogP contribution in [0.25, 0.3) is 0 Å². The van der Waals surface area contributed by atoms with E-state index in [1.165, 1.54) is 6.26 Å². The Bertz CT molecular complexity index is 276. The molecule has 0 aromatic heterocycles. The number of hydrogen-bond donors (Lipinski definition) is 1. The van der Waals surface area contributed by atoms with Crippen molar-refractivity contribution >= 4 is 9.84 Å². The Hall–Kier alpha value is -0.130. The van der Waals surface area contributed by atoms with Crippen LogP contribution < -0.4 is 5.73 Å². The molecule has 0 aliphatic carbocycles. The maximum atomic E-state index is 11.0. The molecular weight excluding hydrogens is 214 g/mol. The first-order chi connectivity index (χ1) is 6.75. The zero-order valence-electron chi connectivity index (χ0n) is 10.1.